The molecule has 3 aliphatic rings. The number of hydrogen-bond donors (Lipinski definition) is 1. The van der Waals surface area contributed by atoms with Gasteiger partial charge in [-0.2, -0.15) is 0 Å². The predicted octanol–water partition coefficient (Wildman–Crippen LogP) is 6.76. The van der Waals surface area contributed by atoms with E-state index in [2.05, 4.69) is 27.3 Å². The first-order valence-corrected chi connectivity index (χ1v) is 14.4. The molecule has 4 heterocycles. The Morgan fingerprint density at radius 1 is 0.923 bits per heavy atom. The highest BCUT2D eigenvalue weighted by Gasteiger charge is 2.70. The van der Waals surface area contributed by atoms with Crippen LogP contribution in [0.15, 0.2) is 101 Å². The molecule has 192 valence electrons. The summed E-state index contributed by atoms with van der Waals surface area (Å²) in [7, 11) is 0. The van der Waals surface area contributed by atoms with Crippen molar-refractivity contribution in [2.45, 2.75) is 24.4 Å². The summed E-state index contributed by atoms with van der Waals surface area (Å²) in [5.41, 5.74) is 3.49. The number of carbonyl (C=O) groups is 3. The highest BCUT2D eigenvalue weighted by molar-refractivity contribution is 9.10. The molecule has 1 saturated heterocycles. The first kappa shape index (κ1) is 24.2. The second-order valence-electron chi connectivity index (χ2n) is 10.2. The summed E-state index contributed by atoms with van der Waals surface area (Å²) in [4.78, 5) is 46.1. The van der Waals surface area contributed by atoms with E-state index in [1.807, 2.05) is 83.9 Å². The number of hydrogen-bond acceptors (Lipinski definition) is 5. The summed E-state index contributed by atoms with van der Waals surface area (Å²) in [6.45, 7) is 2.03. The molecule has 1 fully saturated rings. The summed E-state index contributed by atoms with van der Waals surface area (Å²) >= 11 is 4.82. The van der Waals surface area contributed by atoms with Crippen molar-refractivity contribution in [3.8, 4) is 0 Å². The Morgan fingerprint density at radius 2 is 1.67 bits per heavy atom. The minimum Gasteiger partial charge on any atom is -0.352 e. The normalized spacial score (nSPS) is 24.6. The van der Waals surface area contributed by atoms with Gasteiger partial charge in [-0.05, 0) is 53.8 Å². The SMILES string of the molecule is CC1=C[C@@H]2N(c3ccccc31)[C@H](C(=O)c1cccs1)[C@H](C(=O)c1ccc(Br)cc1)[C@@]21C(=O)Nc2ccccc21. The largest absolute Gasteiger partial charge is 0.352 e. The summed E-state index contributed by atoms with van der Waals surface area (Å²) in [6.07, 6.45) is 2.08. The molecule has 3 aromatic carbocycles. The van der Waals surface area contributed by atoms with Gasteiger partial charge in [0.2, 0.25) is 5.91 Å². The van der Waals surface area contributed by atoms with E-state index in [0.717, 1.165) is 26.9 Å². The fourth-order valence-corrected chi connectivity index (χ4v) is 7.71. The first-order chi connectivity index (χ1) is 18.9. The lowest BCUT2D eigenvalue weighted by Crippen LogP contribution is -2.51. The number of rotatable bonds is 4. The maximum atomic E-state index is 14.7. The Kier molecular flexibility index (Phi) is 5.51. The average molecular weight is 596 g/mol. The number of benzene rings is 3. The third-order valence-corrected chi connectivity index (χ3v) is 9.74. The van der Waals surface area contributed by atoms with Crippen LogP contribution in [0, 0.1) is 5.92 Å². The Labute approximate surface area is 238 Å². The van der Waals surface area contributed by atoms with Crippen LogP contribution in [0.3, 0.4) is 0 Å². The second kappa shape index (κ2) is 8.86. The molecule has 39 heavy (non-hydrogen) atoms. The van der Waals surface area contributed by atoms with Crippen molar-refractivity contribution in [3.63, 3.8) is 0 Å². The number of carbonyl (C=O) groups excluding carboxylic acids is 3. The lowest BCUT2D eigenvalue weighted by Gasteiger charge is -2.39. The Bertz CT molecular complexity index is 1690. The Balaban J connectivity index is 1.56. The number of anilines is 2. The topological polar surface area (TPSA) is 66.5 Å². The smallest absolute Gasteiger partial charge is 0.238 e. The predicted molar refractivity (Wildman–Crippen MR) is 158 cm³/mol. The fraction of sp³-hybridized carbons (Fsp3) is 0.156. The number of amides is 1. The highest BCUT2D eigenvalue weighted by Crippen LogP contribution is 2.58. The van der Waals surface area contributed by atoms with Gasteiger partial charge in [-0.25, -0.2) is 0 Å². The number of para-hydroxylation sites is 2. The van der Waals surface area contributed by atoms with Crippen LogP contribution in [0.25, 0.3) is 5.57 Å². The molecule has 0 saturated carbocycles. The molecule has 0 aliphatic carbocycles. The minimum atomic E-state index is -1.30. The summed E-state index contributed by atoms with van der Waals surface area (Å²) in [6, 6.07) is 24.9. The molecular weight excluding hydrogens is 572 g/mol. The Hall–Kier alpha value is -3.81. The van der Waals surface area contributed by atoms with E-state index in [4.69, 9.17) is 0 Å². The maximum Gasteiger partial charge on any atom is 0.238 e. The lowest BCUT2D eigenvalue weighted by atomic mass is 9.64. The van der Waals surface area contributed by atoms with Crippen molar-refractivity contribution in [1.82, 2.24) is 0 Å². The molecule has 1 amide bonds. The van der Waals surface area contributed by atoms with Gasteiger partial charge in [0.1, 0.15) is 11.5 Å². The van der Waals surface area contributed by atoms with E-state index in [0.29, 0.717) is 16.1 Å². The molecule has 1 aromatic heterocycles. The van der Waals surface area contributed by atoms with Gasteiger partial charge in [-0.3, -0.25) is 14.4 Å². The van der Waals surface area contributed by atoms with Crippen LogP contribution >= 0.6 is 27.3 Å². The van der Waals surface area contributed by atoms with Gasteiger partial charge in [-0.15, -0.1) is 11.3 Å². The average Bonchev–Trinajstić information content (AvgIpc) is 3.66. The third kappa shape index (κ3) is 3.33. The van der Waals surface area contributed by atoms with Gasteiger partial charge in [0, 0.05) is 27.0 Å². The monoisotopic (exact) mass is 594 g/mol. The molecular formula is C32H23BrN2O3S. The Morgan fingerprint density at radius 3 is 2.44 bits per heavy atom. The molecule has 1 spiro atoms. The minimum absolute atomic E-state index is 0.151. The van der Waals surface area contributed by atoms with E-state index in [9.17, 15) is 14.4 Å². The molecule has 0 bridgehead atoms. The van der Waals surface area contributed by atoms with Gasteiger partial charge in [-0.1, -0.05) is 76.6 Å². The summed E-state index contributed by atoms with van der Waals surface area (Å²) < 4.78 is 0.847. The number of thiophene rings is 1. The summed E-state index contributed by atoms with van der Waals surface area (Å²) in [5.74, 6) is -1.58. The molecule has 5 nitrogen and oxygen atoms in total. The van der Waals surface area contributed by atoms with Crippen LogP contribution in [0.1, 0.15) is 38.1 Å². The van der Waals surface area contributed by atoms with Crippen molar-refractivity contribution in [2.24, 2.45) is 5.92 Å². The molecule has 1 N–H and O–H groups in total. The van der Waals surface area contributed by atoms with Crippen molar-refractivity contribution in [3.05, 3.63) is 122 Å². The molecule has 4 atom stereocenters. The van der Waals surface area contributed by atoms with Crippen molar-refractivity contribution in [1.29, 1.82) is 0 Å². The number of ketones is 2. The maximum absolute atomic E-state index is 14.7. The zero-order chi connectivity index (χ0) is 26.9. The zero-order valence-electron chi connectivity index (χ0n) is 20.9. The van der Waals surface area contributed by atoms with Crippen LogP contribution in [-0.4, -0.2) is 29.6 Å². The molecule has 7 rings (SSSR count). The van der Waals surface area contributed by atoms with Gasteiger partial charge in [0.25, 0.3) is 0 Å². The van der Waals surface area contributed by atoms with Crippen molar-refractivity contribution >= 4 is 61.7 Å². The standard InChI is InChI=1S/C32H23BrN2O3S/c1-18-17-26-32(22-8-3-4-9-23(22)34-31(32)38)27(29(36)19-12-14-20(33)15-13-19)28(30(37)25-11-6-16-39-25)35(26)24-10-5-2-7-21(18)24/h2-17,26-28H,1H3,(H,34,38)/t26-,27+,28-,32-/m0/s1. The van der Waals surface area contributed by atoms with E-state index < -0.39 is 23.4 Å². The zero-order valence-corrected chi connectivity index (χ0v) is 23.3. The van der Waals surface area contributed by atoms with Crippen molar-refractivity contribution in [2.75, 3.05) is 10.2 Å². The van der Waals surface area contributed by atoms with Gasteiger partial charge in [0.15, 0.2) is 11.6 Å². The van der Waals surface area contributed by atoms with Crippen LogP contribution in [0.4, 0.5) is 11.4 Å². The second-order valence-corrected chi connectivity index (χ2v) is 12.1. The van der Waals surface area contributed by atoms with Crippen LogP contribution in [0.2, 0.25) is 0 Å². The van der Waals surface area contributed by atoms with E-state index in [1.165, 1.54) is 11.3 Å². The van der Waals surface area contributed by atoms with E-state index in [1.54, 1.807) is 18.2 Å². The lowest BCUT2D eigenvalue weighted by molar-refractivity contribution is -0.121. The van der Waals surface area contributed by atoms with Crippen LogP contribution in [0.5, 0.6) is 0 Å². The number of halogens is 1. The summed E-state index contributed by atoms with van der Waals surface area (Å²) in [5, 5.41) is 4.95. The molecule has 0 radical (unpaired) electrons. The highest BCUT2D eigenvalue weighted by atomic mass is 79.9. The van der Waals surface area contributed by atoms with Gasteiger partial charge >= 0.3 is 0 Å². The molecule has 7 heteroatoms. The van der Waals surface area contributed by atoms with Gasteiger partial charge < -0.3 is 10.2 Å². The third-order valence-electron chi connectivity index (χ3n) is 8.33. The number of nitrogens with zero attached hydrogens (tertiary/aromatic N) is 1. The quantitative estimate of drug-likeness (QED) is 0.265. The van der Waals surface area contributed by atoms with Gasteiger partial charge in [0.05, 0.1) is 16.8 Å². The molecule has 0 unspecified atom stereocenters. The number of nitrogens with one attached hydrogen (secondary N) is 1. The number of allylic oxidation sites excluding steroid dienone is 1. The van der Waals surface area contributed by atoms with Crippen molar-refractivity contribution < 1.29 is 14.4 Å². The van der Waals surface area contributed by atoms with Crippen LogP contribution < -0.4 is 10.2 Å². The van der Waals surface area contributed by atoms with E-state index >= 15 is 0 Å². The van der Waals surface area contributed by atoms with E-state index in [-0.39, 0.29) is 17.5 Å². The fourth-order valence-electron chi connectivity index (χ4n) is 6.75. The first-order valence-electron chi connectivity index (χ1n) is 12.8. The van der Waals surface area contributed by atoms with Crippen LogP contribution in [-0.2, 0) is 10.2 Å². The molecule has 3 aliphatic heterocycles. The molecule has 4 aromatic rings. The number of Topliss-reactive ketones (excluding diaryl/α,β-unsaturated/α-hetero) is 2. The number of fused-ring (bicyclic) bond motifs is 6.